The number of rotatable bonds is 3. The Morgan fingerprint density at radius 3 is 2.81 bits per heavy atom. The van der Waals surface area contributed by atoms with Gasteiger partial charge in [0.2, 0.25) is 11.8 Å². The lowest BCUT2D eigenvalue weighted by Gasteiger charge is -2.21. The van der Waals surface area contributed by atoms with Crippen LogP contribution in [0.5, 0.6) is 0 Å². The van der Waals surface area contributed by atoms with Gasteiger partial charge in [-0.05, 0) is 19.1 Å². The summed E-state index contributed by atoms with van der Waals surface area (Å²) >= 11 is 0. The van der Waals surface area contributed by atoms with Gasteiger partial charge in [-0.1, -0.05) is 18.2 Å². The summed E-state index contributed by atoms with van der Waals surface area (Å²) < 4.78 is 5.83. The quantitative estimate of drug-likeness (QED) is 0.669. The number of anilines is 1. The smallest absolute Gasteiger partial charge is 0.269 e. The molecule has 26 heavy (non-hydrogen) atoms. The summed E-state index contributed by atoms with van der Waals surface area (Å²) in [5.41, 5.74) is 2.42. The predicted molar refractivity (Wildman–Crippen MR) is 93.7 cm³/mol. The molecule has 0 bridgehead atoms. The van der Waals surface area contributed by atoms with Crippen molar-refractivity contribution in [1.82, 2.24) is 20.5 Å². The molecule has 4 rings (SSSR count). The maximum absolute atomic E-state index is 12.2. The Bertz CT molecular complexity index is 990. The zero-order valence-electron chi connectivity index (χ0n) is 14.3. The zero-order valence-corrected chi connectivity index (χ0v) is 14.3. The summed E-state index contributed by atoms with van der Waals surface area (Å²) in [5, 5.41) is 12.1. The van der Waals surface area contributed by atoms with Gasteiger partial charge in [0.25, 0.3) is 5.91 Å². The Hall–Kier alpha value is -3.42. The summed E-state index contributed by atoms with van der Waals surface area (Å²) in [6.45, 7) is 1.81. The molecule has 1 aliphatic rings. The van der Waals surface area contributed by atoms with E-state index in [9.17, 15) is 9.59 Å². The van der Waals surface area contributed by atoms with Crippen molar-refractivity contribution >= 4 is 17.6 Å². The number of amides is 2. The lowest BCUT2D eigenvalue weighted by atomic mass is 9.88. The number of H-pyrrole nitrogens is 1. The number of nitrogens with zero attached hydrogens (tertiary/aromatic N) is 2. The first kappa shape index (κ1) is 16.1. The SMILES string of the molecule is CNC(=O)c1[nH]nc2c1[C@@H](c1nc(-c3ccccc3)oc1C)CC(=O)N2. The monoisotopic (exact) mass is 351 g/mol. The predicted octanol–water partition coefficient (Wildman–Crippen LogP) is 2.21. The second-order valence-electron chi connectivity index (χ2n) is 6.07. The summed E-state index contributed by atoms with van der Waals surface area (Å²) in [4.78, 5) is 28.9. The van der Waals surface area contributed by atoms with Gasteiger partial charge in [0.15, 0.2) is 5.82 Å². The van der Waals surface area contributed by atoms with Gasteiger partial charge in [-0.3, -0.25) is 14.7 Å². The maximum atomic E-state index is 12.2. The molecule has 3 N–H and O–H groups in total. The van der Waals surface area contributed by atoms with Crippen molar-refractivity contribution in [2.75, 3.05) is 12.4 Å². The van der Waals surface area contributed by atoms with Crippen molar-refractivity contribution in [3.05, 3.63) is 53.0 Å². The largest absolute Gasteiger partial charge is 0.441 e. The lowest BCUT2D eigenvalue weighted by molar-refractivity contribution is -0.116. The lowest BCUT2D eigenvalue weighted by Crippen LogP contribution is -2.27. The molecule has 8 nitrogen and oxygen atoms in total. The van der Waals surface area contributed by atoms with Gasteiger partial charge in [-0.15, -0.1) is 0 Å². The number of aromatic amines is 1. The van der Waals surface area contributed by atoms with Gasteiger partial charge in [0, 0.05) is 30.5 Å². The summed E-state index contributed by atoms with van der Waals surface area (Å²) in [7, 11) is 1.54. The zero-order chi connectivity index (χ0) is 18.3. The van der Waals surface area contributed by atoms with E-state index in [0.29, 0.717) is 34.4 Å². The number of benzene rings is 1. The van der Waals surface area contributed by atoms with Crippen LogP contribution in [0.15, 0.2) is 34.7 Å². The standard InChI is InChI=1S/C18H17N5O3/c1-9-14(21-18(26-9)10-6-4-3-5-7-10)11-8-12(24)20-16-13(11)15(22-23-16)17(25)19-2/h3-7,11H,8H2,1-2H3,(H,19,25)(H2,20,22,23,24)/t11-/m0/s1. The van der Waals surface area contributed by atoms with Crippen LogP contribution in [-0.2, 0) is 4.79 Å². The number of aromatic nitrogens is 3. The number of hydrogen-bond donors (Lipinski definition) is 3. The molecule has 0 spiro atoms. The van der Waals surface area contributed by atoms with Crippen molar-refractivity contribution in [3.63, 3.8) is 0 Å². The molecule has 1 aliphatic heterocycles. The first-order valence-electron chi connectivity index (χ1n) is 8.21. The van der Waals surface area contributed by atoms with E-state index in [4.69, 9.17) is 4.42 Å². The molecular weight excluding hydrogens is 334 g/mol. The molecule has 132 valence electrons. The van der Waals surface area contributed by atoms with Gasteiger partial charge in [-0.2, -0.15) is 5.10 Å². The van der Waals surface area contributed by atoms with Crippen LogP contribution in [0, 0.1) is 6.92 Å². The van der Waals surface area contributed by atoms with Gasteiger partial charge in [-0.25, -0.2) is 4.98 Å². The molecule has 3 heterocycles. The molecule has 1 atom stereocenters. The topological polar surface area (TPSA) is 113 Å². The summed E-state index contributed by atoms with van der Waals surface area (Å²) in [5.74, 6) is 0.555. The molecule has 0 radical (unpaired) electrons. The fourth-order valence-corrected chi connectivity index (χ4v) is 3.22. The molecule has 0 saturated carbocycles. The van der Waals surface area contributed by atoms with E-state index < -0.39 is 5.92 Å². The third kappa shape index (κ3) is 2.55. The number of oxazole rings is 1. The Kier molecular flexibility index (Phi) is 3.80. The van der Waals surface area contributed by atoms with Gasteiger partial charge in [0.05, 0.1) is 5.69 Å². The van der Waals surface area contributed by atoms with E-state index in [1.165, 1.54) is 0 Å². The van der Waals surface area contributed by atoms with E-state index in [0.717, 1.165) is 5.56 Å². The Balaban J connectivity index is 1.82. The number of aryl methyl sites for hydroxylation is 1. The number of fused-ring (bicyclic) bond motifs is 1. The van der Waals surface area contributed by atoms with Crippen LogP contribution >= 0.6 is 0 Å². The van der Waals surface area contributed by atoms with Crippen molar-refractivity contribution in [2.24, 2.45) is 0 Å². The average molecular weight is 351 g/mol. The van der Waals surface area contributed by atoms with Crippen LogP contribution in [0.25, 0.3) is 11.5 Å². The molecule has 2 aromatic heterocycles. The molecule has 2 amide bonds. The summed E-state index contributed by atoms with van der Waals surface area (Å²) in [6, 6.07) is 9.53. The van der Waals surface area contributed by atoms with Crippen molar-refractivity contribution < 1.29 is 14.0 Å². The molecule has 8 heteroatoms. The molecule has 3 aromatic rings. The average Bonchev–Trinajstić information content (AvgIpc) is 3.25. The van der Waals surface area contributed by atoms with E-state index in [1.807, 2.05) is 30.3 Å². The van der Waals surface area contributed by atoms with Crippen LogP contribution in [-0.4, -0.2) is 34.0 Å². The third-order valence-corrected chi connectivity index (χ3v) is 4.44. The first-order chi connectivity index (χ1) is 12.6. The van der Waals surface area contributed by atoms with E-state index in [2.05, 4.69) is 25.8 Å². The van der Waals surface area contributed by atoms with Gasteiger partial charge in [0.1, 0.15) is 11.5 Å². The Labute approximate surface area is 149 Å². The van der Waals surface area contributed by atoms with Crippen molar-refractivity contribution in [3.8, 4) is 11.5 Å². The molecule has 1 aromatic carbocycles. The minimum absolute atomic E-state index is 0.165. The fourth-order valence-electron chi connectivity index (χ4n) is 3.22. The number of nitrogens with one attached hydrogen (secondary N) is 3. The Morgan fingerprint density at radius 2 is 2.08 bits per heavy atom. The van der Waals surface area contributed by atoms with Crippen LogP contribution in [0.1, 0.15) is 39.8 Å². The van der Waals surface area contributed by atoms with Crippen LogP contribution in [0.4, 0.5) is 5.82 Å². The highest BCUT2D eigenvalue weighted by molar-refractivity contribution is 6.00. The van der Waals surface area contributed by atoms with Crippen LogP contribution in [0.2, 0.25) is 0 Å². The van der Waals surface area contributed by atoms with E-state index >= 15 is 0 Å². The van der Waals surface area contributed by atoms with Crippen molar-refractivity contribution in [2.45, 2.75) is 19.3 Å². The number of hydrogen-bond acceptors (Lipinski definition) is 5. The fraction of sp³-hybridized carbons (Fsp3) is 0.222. The molecule has 0 aliphatic carbocycles. The normalized spacial score (nSPS) is 16.1. The van der Waals surface area contributed by atoms with Gasteiger partial charge >= 0.3 is 0 Å². The van der Waals surface area contributed by atoms with Crippen LogP contribution in [0.3, 0.4) is 0 Å². The summed E-state index contributed by atoms with van der Waals surface area (Å²) in [6.07, 6.45) is 0.165. The Morgan fingerprint density at radius 1 is 1.31 bits per heavy atom. The highest BCUT2D eigenvalue weighted by Crippen LogP contribution is 2.40. The van der Waals surface area contributed by atoms with E-state index in [-0.39, 0.29) is 18.2 Å². The minimum atomic E-state index is -0.411. The highest BCUT2D eigenvalue weighted by Gasteiger charge is 2.36. The van der Waals surface area contributed by atoms with Crippen molar-refractivity contribution in [1.29, 1.82) is 0 Å². The van der Waals surface area contributed by atoms with Gasteiger partial charge < -0.3 is 15.1 Å². The van der Waals surface area contributed by atoms with E-state index in [1.54, 1.807) is 14.0 Å². The third-order valence-electron chi connectivity index (χ3n) is 4.44. The highest BCUT2D eigenvalue weighted by atomic mass is 16.4. The molecule has 0 saturated heterocycles. The molecule has 0 unspecified atom stereocenters. The molecule has 0 fully saturated rings. The van der Waals surface area contributed by atoms with Crippen LogP contribution < -0.4 is 10.6 Å². The maximum Gasteiger partial charge on any atom is 0.269 e. The second kappa shape index (κ2) is 6.14. The second-order valence-corrected chi connectivity index (χ2v) is 6.07. The minimum Gasteiger partial charge on any atom is -0.441 e. The first-order valence-corrected chi connectivity index (χ1v) is 8.21. The number of carbonyl (C=O) groups is 2. The molecular formula is C18H17N5O3. The number of carbonyl (C=O) groups excluding carboxylic acids is 2.